The quantitative estimate of drug-likeness (QED) is 0.896. The number of nitrogens with zero attached hydrogens (tertiary/aromatic N) is 3. The highest BCUT2D eigenvalue weighted by atomic mass is 16.6. The lowest BCUT2D eigenvalue weighted by Gasteiger charge is -2.08. The van der Waals surface area contributed by atoms with Gasteiger partial charge >= 0.3 is 0 Å². The summed E-state index contributed by atoms with van der Waals surface area (Å²) in [5, 5.41) is 10.8. The fourth-order valence-corrected chi connectivity index (χ4v) is 2.06. The number of aromatic nitrogens is 2. The lowest BCUT2D eigenvalue weighted by molar-refractivity contribution is -0.131. The van der Waals surface area contributed by atoms with Crippen molar-refractivity contribution in [2.75, 3.05) is 0 Å². The van der Waals surface area contributed by atoms with E-state index in [0.717, 1.165) is 16.8 Å². The molecule has 0 radical (unpaired) electrons. The largest absolute Gasteiger partial charge is 0.382 e. The fraction of sp³-hybridized carbons (Fsp3) is 0.308. The Kier molecular flexibility index (Phi) is 2.91. The number of oxime groups is 1. The maximum atomic E-state index is 11.9. The molecule has 0 aromatic carbocycles. The molecule has 98 valence electrons. The predicted molar refractivity (Wildman–Crippen MR) is 69.6 cm³/mol. The minimum atomic E-state index is -0.498. The Labute approximate surface area is 110 Å². The number of hydrogen-bond donors (Lipinski definition) is 1. The van der Waals surface area contributed by atoms with E-state index in [-0.39, 0.29) is 5.91 Å². The molecule has 0 saturated carbocycles. The zero-order valence-corrected chi connectivity index (χ0v) is 10.5. The maximum absolute atomic E-state index is 11.9. The first kappa shape index (κ1) is 11.7. The number of nitrogens with one attached hydrogen (secondary N) is 1. The number of amides is 1. The van der Waals surface area contributed by atoms with E-state index in [1.807, 2.05) is 31.3 Å². The minimum Gasteiger partial charge on any atom is -0.382 e. The third kappa shape index (κ3) is 2.29. The fourth-order valence-electron chi connectivity index (χ4n) is 2.06. The zero-order chi connectivity index (χ0) is 13.2. The van der Waals surface area contributed by atoms with Gasteiger partial charge in [-0.1, -0.05) is 11.2 Å². The normalized spacial score (nSPS) is 18.2. The van der Waals surface area contributed by atoms with E-state index in [2.05, 4.69) is 15.6 Å². The molecule has 6 nitrogen and oxygen atoms in total. The van der Waals surface area contributed by atoms with Gasteiger partial charge in [-0.25, -0.2) is 4.52 Å². The van der Waals surface area contributed by atoms with Gasteiger partial charge in [0.15, 0.2) is 0 Å². The van der Waals surface area contributed by atoms with Crippen molar-refractivity contribution >= 4 is 17.1 Å². The number of fused-ring (bicyclic) bond motifs is 1. The topological polar surface area (TPSA) is 68.0 Å². The van der Waals surface area contributed by atoms with Crippen molar-refractivity contribution in [3.8, 4) is 0 Å². The average molecular weight is 258 g/mol. The van der Waals surface area contributed by atoms with Gasteiger partial charge in [-0.2, -0.15) is 5.10 Å². The molecule has 1 aliphatic heterocycles. The van der Waals surface area contributed by atoms with Crippen molar-refractivity contribution in [2.24, 2.45) is 5.16 Å². The summed E-state index contributed by atoms with van der Waals surface area (Å²) in [5.41, 5.74) is 2.81. The molecule has 3 heterocycles. The highest BCUT2D eigenvalue weighted by molar-refractivity contribution is 5.91. The summed E-state index contributed by atoms with van der Waals surface area (Å²) in [6.45, 7) is 2.28. The van der Waals surface area contributed by atoms with Crippen LogP contribution in [-0.2, 0) is 16.2 Å². The molecule has 3 rings (SSSR count). The van der Waals surface area contributed by atoms with E-state index >= 15 is 0 Å². The predicted octanol–water partition coefficient (Wildman–Crippen LogP) is 1.12. The van der Waals surface area contributed by atoms with Crippen LogP contribution >= 0.6 is 0 Å². The Hall–Kier alpha value is -2.37. The van der Waals surface area contributed by atoms with Crippen molar-refractivity contribution in [3.05, 3.63) is 36.2 Å². The van der Waals surface area contributed by atoms with Gasteiger partial charge in [0, 0.05) is 24.7 Å². The van der Waals surface area contributed by atoms with Gasteiger partial charge < -0.3 is 10.2 Å². The van der Waals surface area contributed by atoms with Crippen LogP contribution in [0.3, 0.4) is 0 Å². The molecule has 0 spiro atoms. The van der Waals surface area contributed by atoms with Crippen LogP contribution in [0, 0.1) is 0 Å². The highest BCUT2D eigenvalue weighted by Gasteiger charge is 2.25. The van der Waals surface area contributed by atoms with Crippen molar-refractivity contribution in [1.29, 1.82) is 0 Å². The van der Waals surface area contributed by atoms with Crippen LogP contribution in [0.25, 0.3) is 5.52 Å². The smallest absolute Gasteiger partial charge is 0.264 e. The van der Waals surface area contributed by atoms with Gasteiger partial charge in [0.05, 0.1) is 17.4 Å². The van der Waals surface area contributed by atoms with Crippen LogP contribution in [-0.4, -0.2) is 27.3 Å². The lowest BCUT2D eigenvalue weighted by Crippen LogP contribution is -2.34. The molecular weight excluding hydrogens is 244 g/mol. The van der Waals surface area contributed by atoms with Gasteiger partial charge in [-0.15, -0.1) is 0 Å². The monoisotopic (exact) mass is 258 g/mol. The van der Waals surface area contributed by atoms with E-state index in [0.29, 0.717) is 13.0 Å². The first-order valence-electron chi connectivity index (χ1n) is 6.12. The molecule has 1 aliphatic rings. The second-order valence-electron chi connectivity index (χ2n) is 4.54. The molecule has 0 bridgehead atoms. The molecule has 0 saturated heterocycles. The zero-order valence-electron chi connectivity index (χ0n) is 10.5. The van der Waals surface area contributed by atoms with Gasteiger partial charge in [0.2, 0.25) is 6.10 Å². The molecule has 0 unspecified atom stereocenters. The van der Waals surface area contributed by atoms with Crippen LogP contribution < -0.4 is 5.32 Å². The Balaban J connectivity index is 1.65. The van der Waals surface area contributed by atoms with Gasteiger partial charge in [0.25, 0.3) is 5.91 Å². The number of pyridine rings is 1. The summed E-state index contributed by atoms with van der Waals surface area (Å²) >= 11 is 0. The van der Waals surface area contributed by atoms with Crippen molar-refractivity contribution in [1.82, 2.24) is 14.9 Å². The summed E-state index contributed by atoms with van der Waals surface area (Å²) in [7, 11) is 0. The Morgan fingerprint density at radius 2 is 2.47 bits per heavy atom. The maximum Gasteiger partial charge on any atom is 0.264 e. The summed E-state index contributed by atoms with van der Waals surface area (Å²) in [5.74, 6) is -0.143. The van der Waals surface area contributed by atoms with Crippen molar-refractivity contribution in [3.63, 3.8) is 0 Å². The first-order chi connectivity index (χ1) is 9.24. The summed E-state index contributed by atoms with van der Waals surface area (Å²) in [6, 6.07) is 5.82. The SMILES string of the molecule is CC1=NO[C@@H](C(=O)NCc2cnn3ccccc23)C1. The molecule has 1 N–H and O–H groups in total. The van der Waals surface area contributed by atoms with Crippen LogP contribution in [0.15, 0.2) is 35.7 Å². The van der Waals surface area contributed by atoms with Gasteiger partial charge in [-0.05, 0) is 19.1 Å². The average Bonchev–Trinajstić information content (AvgIpc) is 3.02. The van der Waals surface area contributed by atoms with E-state index in [1.54, 1.807) is 10.7 Å². The first-order valence-corrected chi connectivity index (χ1v) is 6.12. The number of carbonyl (C=O) groups is 1. The van der Waals surface area contributed by atoms with Crippen molar-refractivity contribution in [2.45, 2.75) is 26.0 Å². The lowest BCUT2D eigenvalue weighted by atomic mass is 10.2. The second kappa shape index (κ2) is 4.72. The molecule has 2 aromatic rings. The molecule has 1 atom stereocenters. The van der Waals surface area contributed by atoms with Gasteiger partial charge in [0.1, 0.15) is 0 Å². The minimum absolute atomic E-state index is 0.143. The van der Waals surface area contributed by atoms with E-state index in [1.165, 1.54) is 0 Å². The van der Waals surface area contributed by atoms with E-state index in [4.69, 9.17) is 4.84 Å². The molecule has 0 aliphatic carbocycles. The van der Waals surface area contributed by atoms with Crippen LogP contribution in [0.5, 0.6) is 0 Å². The van der Waals surface area contributed by atoms with Gasteiger partial charge in [-0.3, -0.25) is 4.79 Å². The molecular formula is C13H14N4O2. The summed E-state index contributed by atoms with van der Waals surface area (Å²) in [4.78, 5) is 16.9. The molecule has 1 amide bonds. The summed E-state index contributed by atoms with van der Waals surface area (Å²) in [6.07, 6.45) is 3.69. The number of hydrogen-bond acceptors (Lipinski definition) is 4. The third-order valence-corrected chi connectivity index (χ3v) is 3.07. The van der Waals surface area contributed by atoms with Crippen LogP contribution in [0.1, 0.15) is 18.9 Å². The molecule has 19 heavy (non-hydrogen) atoms. The Morgan fingerprint density at radius 1 is 1.58 bits per heavy atom. The molecule has 0 fully saturated rings. The van der Waals surface area contributed by atoms with Crippen molar-refractivity contribution < 1.29 is 9.63 Å². The van der Waals surface area contributed by atoms with Crippen LogP contribution in [0.4, 0.5) is 0 Å². The highest BCUT2D eigenvalue weighted by Crippen LogP contribution is 2.12. The van der Waals surface area contributed by atoms with E-state index < -0.39 is 6.10 Å². The second-order valence-corrected chi connectivity index (χ2v) is 4.54. The Bertz CT molecular complexity index is 647. The van der Waals surface area contributed by atoms with E-state index in [9.17, 15) is 4.79 Å². The number of carbonyl (C=O) groups excluding carboxylic acids is 1. The number of rotatable bonds is 3. The molecule has 6 heteroatoms. The van der Waals surface area contributed by atoms with Crippen LogP contribution in [0.2, 0.25) is 0 Å². The Morgan fingerprint density at radius 3 is 3.26 bits per heavy atom. The summed E-state index contributed by atoms with van der Waals surface area (Å²) < 4.78 is 1.78. The standard InChI is InChI=1S/C13H14N4O2/c1-9-6-12(19-16-9)13(18)14-7-10-8-15-17-5-3-2-4-11(10)17/h2-5,8,12H,6-7H2,1H3,(H,14,18)/t12-/m1/s1. The molecule has 2 aromatic heterocycles. The third-order valence-electron chi connectivity index (χ3n) is 3.07.